The van der Waals surface area contributed by atoms with Gasteiger partial charge in [-0.3, -0.25) is 19.9 Å². The summed E-state index contributed by atoms with van der Waals surface area (Å²) in [7, 11) is 0. The van der Waals surface area contributed by atoms with E-state index in [1.807, 2.05) is 0 Å². The highest BCUT2D eigenvalue weighted by Crippen LogP contribution is 2.45. The molecule has 20 heavy (non-hydrogen) atoms. The molecular formula is C10H5Cl2N3O3S2. The second kappa shape index (κ2) is 5.96. The van der Waals surface area contributed by atoms with Crippen LogP contribution >= 0.6 is 46.3 Å². The molecule has 2 aromatic heterocycles. The van der Waals surface area contributed by atoms with Gasteiger partial charge in [-0.05, 0) is 0 Å². The van der Waals surface area contributed by atoms with Crippen LogP contribution in [0.25, 0.3) is 0 Å². The molecule has 0 aromatic carbocycles. The van der Waals surface area contributed by atoms with E-state index in [1.54, 1.807) is 0 Å². The number of nitrogens with two attached hydrogens (primary N) is 1. The number of aromatic nitrogens is 1. The maximum atomic E-state index is 11.1. The summed E-state index contributed by atoms with van der Waals surface area (Å²) in [4.78, 5) is 25.8. The number of hydrogen-bond donors (Lipinski definition) is 1. The molecule has 1 amide bonds. The van der Waals surface area contributed by atoms with E-state index in [1.165, 1.54) is 12.4 Å². The first-order valence-electron chi connectivity index (χ1n) is 4.95. The van der Waals surface area contributed by atoms with Gasteiger partial charge in [0.1, 0.15) is 4.21 Å². The quantitative estimate of drug-likeness (QED) is 0.671. The highest BCUT2D eigenvalue weighted by molar-refractivity contribution is 8.01. The number of thiophene rings is 1. The summed E-state index contributed by atoms with van der Waals surface area (Å²) in [5.74, 6) is -0.725. The van der Waals surface area contributed by atoms with Gasteiger partial charge in [-0.1, -0.05) is 35.0 Å². The Labute approximate surface area is 131 Å². The van der Waals surface area contributed by atoms with Crippen LogP contribution in [0.5, 0.6) is 0 Å². The first-order chi connectivity index (χ1) is 9.40. The van der Waals surface area contributed by atoms with Gasteiger partial charge >= 0.3 is 0 Å². The molecule has 0 spiro atoms. The Balaban J connectivity index is 2.47. The van der Waals surface area contributed by atoms with Crippen molar-refractivity contribution in [2.75, 3.05) is 0 Å². The molecule has 0 bridgehead atoms. The van der Waals surface area contributed by atoms with Crippen molar-refractivity contribution in [3.8, 4) is 0 Å². The molecule has 104 valence electrons. The van der Waals surface area contributed by atoms with Gasteiger partial charge in [0.15, 0.2) is 0 Å². The Morgan fingerprint density at radius 3 is 2.50 bits per heavy atom. The molecule has 10 heteroatoms. The third kappa shape index (κ3) is 3.04. The number of amides is 1. The zero-order chi connectivity index (χ0) is 14.9. The van der Waals surface area contributed by atoms with Crippen molar-refractivity contribution in [1.82, 2.24) is 4.98 Å². The molecule has 2 rings (SSSR count). The number of rotatable bonds is 4. The number of nitrogens with zero attached hydrogens (tertiary/aromatic N) is 2. The summed E-state index contributed by atoms with van der Waals surface area (Å²) in [6, 6.07) is 1.14. The highest BCUT2D eigenvalue weighted by Gasteiger charge is 2.23. The van der Waals surface area contributed by atoms with E-state index in [2.05, 4.69) is 4.98 Å². The third-order valence-electron chi connectivity index (χ3n) is 2.12. The van der Waals surface area contributed by atoms with Crippen LogP contribution in [0, 0.1) is 10.1 Å². The minimum atomic E-state index is -0.725. The summed E-state index contributed by atoms with van der Waals surface area (Å²) in [6.07, 6.45) is 2.76. The van der Waals surface area contributed by atoms with Crippen LogP contribution in [-0.2, 0) is 0 Å². The van der Waals surface area contributed by atoms with Crippen LogP contribution in [-0.4, -0.2) is 15.8 Å². The fraction of sp³-hybridized carbons (Fsp3) is 0. The fourth-order valence-corrected chi connectivity index (χ4v) is 3.99. The Morgan fingerprint density at radius 1 is 1.40 bits per heavy atom. The molecule has 6 nitrogen and oxygen atoms in total. The van der Waals surface area contributed by atoms with Crippen molar-refractivity contribution in [1.29, 1.82) is 0 Å². The molecule has 0 aliphatic carbocycles. The molecule has 0 saturated heterocycles. The first-order valence-corrected chi connectivity index (χ1v) is 7.34. The number of halogens is 2. The Morgan fingerprint density at radius 2 is 2.00 bits per heavy atom. The van der Waals surface area contributed by atoms with Crippen LogP contribution < -0.4 is 5.73 Å². The second-order valence-electron chi connectivity index (χ2n) is 3.44. The topological polar surface area (TPSA) is 99.1 Å². The SMILES string of the molecule is NC(=O)c1cc([N+](=O)[O-])c(Sc2c(Cl)cncc2Cl)s1. The predicted molar refractivity (Wildman–Crippen MR) is 77.9 cm³/mol. The minimum absolute atomic E-state index is 0.0977. The molecule has 2 aromatic rings. The van der Waals surface area contributed by atoms with Crippen molar-refractivity contribution in [3.63, 3.8) is 0 Å². The average Bonchev–Trinajstić information content (AvgIpc) is 2.78. The first kappa shape index (κ1) is 15.0. The molecule has 0 atom stereocenters. The summed E-state index contributed by atoms with van der Waals surface area (Å²) < 4.78 is 0.277. The Kier molecular flexibility index (Phi) is 4.48. The Bertz CT molecular complexity index is 685. The van der Waals surface area contributed by atoms with E-state index in [9.17, 15) is 14.9 Å². The lowest BCUT2D eigenvalue weighted by molar-refractivity contribution is -0.387. The van der Waals surface area contributed by atoms with Crippen molar-refractivity contribution in [3.05, 3.63) is 43.5 Å². The number of carbonyl (C=O) groups is 1. The van der Waals surface area contributed by atoms with Gasteiger partial charge in [-0.15, -0.1) is 11.3 Å². The molecule has 2 N–H and O–H groups in total. The molecular weight excluding hydrogens is 345 g/mol. The largest absolute Gasteiger partial charge is 0.365 e. The van der Waals surface area contributed by atoms with Crippen molar-refractivity contribution >= 4 is 57.9 Å². The number of nitro groups is 1. The normalized spacial score (nSPS) is 10.5. The predicted octanol–water partition coefficient (Wildman–Crippen LogP) is 3.61. The van der Waals surface area contributed by atoms with Gasteiger partial charge in [0.2, 0.25) is 0 Å². The number of carbonyl (C=O) groups excluding carboxylic acids is 1. The second-order valence-corrected chi connectivity index (χ2v) is 6.58. The molecule has 0 radical (unpaired) electrons. The average molecular weight is 350 g/mol. The zero-order valence-corrected chi connectivity index (χ0v) is 12.6. The zero-order valence-electron chi connectivity index (χ0n) is 9.50. The van der Waals surface area contributed by atoms with Crippen LogP contribution in [0.1, 0.15) is 9.67 Å². The van der Waals surface area contributed by atoms with Gasteiger partial charge in [-0.25, -0.2) is 0 Å². The molecule has 0 fully saturated rings. The van der Waals surface area contributed by atoms with E-state index in [0.717, 1.165) is 29.2 Å². The van der Waals surface area contributed by atoms with E-state index < -0.39 is 10.8 Å². The van der Waals surface area contributed by atoms with Gasteiger partial charge in [-0.2, -0.15) is 0 Å². The van der Waals surface area contributed by atoms with E-state index in [0.29, 0.717) is 4.90 Å². The van der Waals surface area contributed by atoms with Crippen molar-refractivity contribution in [2.45, 2.75) is 9.10 Å². The van der Waals surface area contributed by atoms with Crippen LogP contribution in [0.3, 0.4) is 0 Å². The lowest BCUT2D eigenvalue weighted by Gasteiger charge is -2.03. The maximum absolute atomic E-state index is 11.1. The van der Waals surface area contributed by atoms with Gasteiger partial charge in [0.05, 0.1) is 24.7 Å². The standard InChI is InChI=1S/C10H5Cl2N3O3S2/c11-4-2-14-3-5(12)8(4)20-10-6(15(17)18)1-7(19-10)9(13)16/h1-3H,(H2,13,16). The van der Waals surface area contributed by atoms with E-state index in [-0.39, 0.29) is 24.8 Å². The molecule has 0 aliphatic rings. The van der Waals surface area contributed by atoms with Crippen molar-refractivity contribution < 1.29 is 9.72 Å². The van der Waals surface area contributed by atoms with Gasteiger partial charge in [0.25, 0.3) is 11.6 Å². The summed E-state index contributed by atoms with van der Waals surface area (Å²) in [6.45, 7) is 0. The van der Waals surface area contributed by atoms with Crippen LogP contribution in [0.2, 0.25) is 10.0 Å². The highest BCUT2D eigenvalue weighted by atomic mass is 35.5. The lowest BCUT2D eigenvalue weighted by atomic mass is 10.4. The van der Waals surface area contributed by atoms with Crippen LogP contribution in [0.4, 0.5) is 5.69 Å². The molecule has 2 heterocycles. The fourth-order valence-electron chi connectivity index (χ4n) is 1.28. The maximum Gasteiger partial charge on any atom is 0.294 e. The number of primary amides is 1. The van der Waals surface area contributed by atoms with Gasteiger partial charge in [0, 0.05) is 18.5 Å². The van der Waals surface area contributed by atoms with Crippen molar-refractivity contribution in [2.24, 2.45) is 5.73 Å². The Hall–Kier alpha value is -1.35. The summed E-state index contributed by atoms with van der Waals surface area (Å²) >= 11 is 13.8. The van der Waals surface area contributed by atoms with Crippen LogP contribution in [0.15, 0.2) is 27.6 Å². The smallest absolute Gasteiger partial charge is 0.294 e. The molecule has 0 unspecified atom stereocenters. The van der Waals surface area contributed by atoms with E-state index >= 15 is 0 Å². The minimum Gasteiger partial charge on any atom is -0.365 e. The third-order valence-corrected chi connectivity index (χ3v) is 5.39. The number of hydrogen-bond acceptors (Lipinski definition) is 6. The monoisotopic (exact) mass is 349 g/mol. The lowest BCUT2D eigenvalue weighted by Crippen LogP contribution is -2.08. The summed E-state index contributed by atoms with van der Waals surface area (Å²) in [5, 5.41) is 11.5. The van der Waals surface area contributed by atoms with E-state index in [4.69, 9.17) is 28.9 Å². The summed E-state index contributed by atoms with van der Waals surface area (Å²) in [5.41, 5.74) is 4.92. The molecule has 0 aliphatic heterocycles. The van der Waals surface area contributed by atoms with Gasteiger partial charge < -0.3 is 5.73 Å². The number of pyridine rings is 1. The molecule has 0 saturated carbocycles.